The van der Waals surface area contributed by atoms with Gasteiger partial charge in [-0.2, -0.15) is 0 Å². The molecule has 20 heavy (non-hydrogen) atoms. The maximum atomic E-state index is 11.9. The summed E-state index contributed by atoms with van der Waals surface area (Å²) in [5, 5.41) is 3.49. The number of carbonyl (C=O) groups is 1. The Morgan fingerprint density at radius 1 is 1.20 bits per heavy atom. The van der Waals surface area contributed by atoms with Crippen LogP contribution in [0, 0.1) is 0 Å². The van der Waals surface area contributed by atoms with E-state index in [9.17, 15) is 4.79 Å². The summed E-state index contributed by atoms with van der Waals surface area (Å²) in [6.07, 6.45) is 0.864. The standard InChI is InChI=1S/C16H15ClN2O/c17-14-4-2-1-3-12(14)15(18)11-6-5-10-7-8-19-16(20)13(10)9-11/h1-6,9,15H,7-8,18H2,(H,19,20). The zero-order valence-corrected chi connectivity index (χ0v) is 11.7. The molecular formula is C16H15ClN2O. The first kappa shape index (κ1) is 13.2. The lowest BCUT2D eigenvalue weighted by Gasteiger charge is -2.20. The number of carbonyl (C=O) groups excluding carboxylic acids is 1. The van der Waals surface area contributed by atoms with Crippen molar-refractivity contribution in [3.05, 3.63) is 69.7 Å². The van der Waals surface area contributed by atoms with Crippen molar-refractivity contribution >= 4 is 17.5 Å². The molecule has 0 aliphatic carbocycles. The first-order valence-corrected chi connectivity index (χ1v) is 6.95. The Balaban J connectivity index is 2.01. The van der Waals surface area contributed by atoms with Gasteiger partial charge in [0.15, 0.2) is 0 Å². The maximum Gasteiger partial charge on any atom is 0.251 e. The van der Waals surface area contributed by atoms with Crippen LogP contribution in [0.25, 0.3) is 0 Å². The van der Waals surface area contributed by atoms with E-state index in [0.29, 0.717) is 11.6 Å². The summed E-state index contributed by atoms with van der Waals surface area (Å²) >= 11 is 6.18. The van der Waals surface area contributed by atoms with Crippen molar-refractivity contribution in [1.29, 1.82) is 0 Å². The summed E-state index contributed by atoms with van der Waals surface area (Å²) < 4.78 is 0. The van der Waals surface area contributed by atoms with Gasteiger partial charge < -0.3 is 11.1 Å². The van der Waals surface area contributed by atoms with E-state index in [4.69, 9.17) is 17.3 Å². The van der Waals surface area contributed by atoms with Crippen LogP contribution in [0.5, 0.6) is 0 Å². The lowest BCUT2D eigenvalue weighted by atomic mass is 9.93. The zero-order valence-electron chi connectivity index (χ0n) is 10.9. The molecule has 0 aromatic heterocycles. The lowest BCUT2D eigenvalue weighted by Crippen LogP contribution is -2.32. The second-order valence-corrected chi connectivity index (χ2v) is 5.33. The Hall–Kier alpha value is -1.84. The van der Waals surface area contributed by atoms with Gasteiger partial charge in [0.05, 0.1) is 6.04 Å². The summed E-state index contributed by atoms with van der Waals surface area (Å²) in [5.74, 6) is -0.0283. The Morgan fingerprint density at radius 2 is 2.00 bits per heavy atom. The molecule has 3 nitrogen and oxygen atoms in total. The Morgan fingerprint density at radius 3 is 2.80 bits per heavy atom. The van der Waals surface area contributed by atoms with Crippen molar-refractivity contribution in [3.8, 4) is 0 Å². The van der Waals surface area contributed by atoms with Gasteiger partial charge in [-0.1, -0.05) is 41.9 Å². The highest BCUT2D eigenvalue weighted by Crippen LogP contribution is 2.28. The molecule has 3 rings (SSSR count). The third-order valence-electron chi connectivity index (χ3n) is 3.66. The van der Waals surface area contributed by atoms with Crippen LogP contribution in [-0.2, 0) is 6.42 Å². The molecule has 1 aliphatic rings. The van der Waals surface area contributed by atoms with Crippen LogP contribution in [-0.4, -0.2) is 12.5 Å². The average Bonchev–Trinajstić information content (AvgIpc) is 2.47. The van der Waals surface area contributed by atoms with Gasteiger partial charge in [0.2, 0.25) is 0 Å². The van der Waals surface area contributed by atoms with Crippen molar-refractivity contribution < 1.29 is 4.79 Å². The quantitative estimate of drug-likeness (QED) is 0.892. The van der Waals surface area contributed by atoms with Crippen LogP contribution >= 0.6 is 11.6 Å². The minimum Gasteiger partial charge on any atom is -0.352 e. The molecule has 1 heterocycles. The lowest BCUT2D eigenvalue weighted by molar-refractivity contribution is 0.0946. The molecule has 1 atom stereocenters. The number of fused-ring (bicyclic) bond motifs is 1. The summed E-state index contributed by atoms with van der Waals surface area (Å²) in [5.41, 5.74) is 9.83. The molecule has 0 spiro atoms. The van der Waals surface area contributed by atoms with Crippen LogP contribution in [0.1, 0.15) is 33.1 Å². The van der Waals surface area contributed by atoms with Crippen LogP contribution in [0.3, 0.4) is 0 Å². The van der Waals surface area contributed by atoms with Gasteiger partial charge in [0, 0.05) is 17.1 Å². The van der Waals surface area contributed by atoms with E-state index in [2.05, 4.69) is 5.32 Å². The van der Waals surface area contributed by atoms with Crippen molar-refractivity contribution in [2.75, 3.05) is 6.54 Å². The molecule has 3 N–H and O–H groups in total. The van der Waals surface area contributed by atoms with E-state index < -0.39 is 0 Å². The van der Waals surface area contributed by atoms with Crippen LogP contribution in [0.4, 0.5) is 0 Å². The second-order valence-electron chi connectivity index (χ2n) is 4.92. The highest BCUT2D eigenvalue weighted by Gasteiger charge is 2.19. The van der Waals surface area contributed by atoms with Gasteiger partial charge in [-0.25, -0.2) is 0 Å². The number of hydrogen-bond acceptors (Lipinski definition) is 2. The van der Waals surface area contributed by atoms with Crippen molar-refractivity contribution in [3.63, 3.8) is 0 Å². The molecule has 2 aromatic carbocycles. The molecule has 0 radical (unpaired) electrons. The summed E-state index contributed by atoms with van der Waals surface area (Å²) in [6, 6.07) is 13.0. The maximum absolute atomic E-state index is 11.9. The van der Waals surface area contributed by atoms with Crippen molar-refractivity contribution in [2.24, 2.45) is 5.73 Å². The number of benzene rings is 2. The fourth-order valence-electron chi connectivity index (χ4n) is 2.53. The van der Waals surface area contributed by atoms with Gasteiger partial charge in [0.1, 0.15) is 0 Å². The summed E-state index contributed by atoms with van der Waals surface area (Å²) in [4.78, 5) is 11.9. The molecule has 0 bridgehead atoms. The van der Waals surface area contributed by atoms with Crippen LogP contribution in [0.2, 0.25) is 5.02 Å². The van der Waals surface area contributed by atoms with Gasteiger partial charge in [-0.05, 0) is 35.2 Å². The fourth-order valence-corrected chi connectivity index (χ4v) is 2.78. The Bertz CT molecular complexity index is 669. The van der Waals surface area contributed by atoms with Crippen molar-refractivity contribution in [1.82, 2.24) is 5.32 Å². The Kier molecular flexibility index (Phi) is 3.47. The van der Waals surface area contributed by atoms with Crippen LogP contribution < -0.4 is 11.1 Å². The SMILES string of the molecule is NC(c1ccc2c(c1)C(=O)NCC2)c1ccccc1Cl. The van der Waals surface area contributed by atoms with E-state index in [1.165, 1.54) is 0 Å². The first-order chi connectivity index (χ1) is 9.66. The molecule has 4 heteroatoms. The molecule has 0 saturated carbocycles. The predicted octanol–water partition coefficient (Wildman–Crippen LogP) is 2.67. The average molecular weight is 287 g/mol. The van der Waals surface area contributed by atoms with Gasteiger partial charge in [0.25, 0.3) is 5.91 Å². The van der Waals surface area contributed by atoms with Crippen LogP contribution in [0.15, 0.2) is 42.5 Å². The molecule has 2 aromatic rings. The molecule has 1 unspecified atom stereocenters. The number of halogens is 1. The highest BCUT2D eigenvalue weighted by molar-refractivity contribution is 6.31. The number of hydrogen-bond donors (Lipinski definition) is 2. The third kappa shape index (κ3) is 2.30. The van der Waals surface area contributed by atoms with E-state index in [-0.39, 0.29) is 11.9 Å². The minimum atomic E-state index is -0.330. The number of rotatable bonds is 2. The van der Waals surface area contributed by atoms with E-state index in [1.54, 1.807) is 0 Å². The number of nitrogens with two attached hydrogens (primary N) is 1. The number of amides is 1. The largest absolute Gasteiger partial charge is 0.352 e. The van der Waals surface area contributed by atoms with Gasteiger partial charge >= 0.3 is 0 Å². The fraction of sp³-hybridized carbons (Fsp3) is 0.188. The Labute approximate surface area is 122 Å². The number of nitrogens with one attached hydrogen (secondary N) is 1. The van der Waals surface area contributed by atoms with Gasteiger partial charge in [-0.15, -0.1) is 0 Å². The monoisotopic (exact) mass is 286 g/mol. The second kappa shape index (κ2) is 5.27. The topological polar surface area (TPSA) is 55.1 Å². The smallest absolute Gasteiger partial charge is 0.251 e. The molecule has 1 aliphatic heterocycles. The normalized spacial score (nSPS) is 15.4. The molecule has 102 valence electrons. The molecule has 0 saturated heterocycles. The zero-order chi connectivity index (χ0) is 14.1. The van der Waals surface area contributed by atoms with E-state index in [1.807, 2.05) is 42.5 Å². The third-order valence-corrected chi connectivity index (χ3v) is 4.00. The minimum absolute atomic E-state index is 0.0283. The van der Waals surface area contributed by atoms with Gasteiger partial charge in [-0.3, -0.25) is 4.79 Å². The molecular weight excluding hydrogens is 272 g/mol. The van der Waals surface area contributed by atoms with E-state index in [0.717, 1.165) is 28.7 Å². The predicted molar refractivity (Wildman–Crippen MR) is 80.0 cm³/mol. The molecule has 1 amide bonds. The first-order valence-electron chi connectivity index (χ1n) is 6.58. The summed E-state index contributed by atoms with van der Waals surface area (Å²) in [7, 11) is 0. The van der Waals surface area contributed by atoms with Crippen molar-refractivity contribution in [2.45, 2.75) is 12.5 Å². The molecule has 0 fully saturated rings. The highest BCUT2D eigenvalue weighted by atomic mass is 35.5. The van der Waals surface area contributed by atoms with E-state index >= 15 is 0 Å². The summed E-state index contributed by atoms with van der Waals surface area (Å²) in [6.45, 7) is 0.696.